The van der Waals surface area contributed by atoms with Gasteiger partial charge in [0, 0.05) is 25.1 Å². The minimum atomic E-state index is 0.863. The van der Waals surface area contributed by atoms with Crippen LogP contribution in [0.1, 0.15) is 18.9 Å². The Balaban J connectivity index is 2.06. The van der Waals surface area contributed by atoms with Gasteiger partial charge in [-0.15, -0.1) is 11.8 Å². The van der Waals surface area contributed by atoms with Crippen LogP contribution in [0.25, 0.3) is 0 Å². The van der Waals surface area contributed by atoms with Crippen molar-refractivity contribution >= 4 is 0 Å². The second-order valence-electron chi connectivity index (χ2n) is 2.49. The van der Waals surface area contributed by atoms with E-state index in [1.807, 2.05) is 13.0 Å². The fourth-order valence-electron chi connectivity index (χ4n) is 0.902. The third-order valence-corrected chi connectivity index (χ3v) is 1.51. The molecule has 12 heavy (non-hydrogen) atoms. The molecule has 64 valence electrons. The summed E-state index contributed by atoms with van der Waals surface area (Å²) in [6.45, 7) is 3.66. The van der Waals surface area contributed by atoms with Gasteiger partial charge < -0.3 is 9.73 Å². The molecule has 1 rings (SSSR count). The zero-order valence-electron chi connectivity index (χ0n) is 7.26. The lowest BCUT2D eigenvalue weighted by atomic mass is 10.3. The van der Waals surface area contributed by atoms with Gasteiger partial charge in [-0.3, -0.25) is 0 Å². The summed E-state index contributed by atoms with van der Waals surface area (Å²) < 4.78 is 4.92. The van der Waals surface area contributed by atoms with Gasteiger partial charge in [-0.2, -0.15) is 0 Å². The lowest BCUT2D eigenvalue weighted by molar-refractivity contribution is 0.560. The first-order chi connectivity index (χ1) is 5.93. The van der Waals surface area contributed by atoms with Gasteiger partial charge in [0.25, 0.3) is 0 Å². The highest BCUT2D eigenvalue weighted by molar-refractivity contribution is 5.04. The van der Waals surface area contributed by atoms with Gasteiger partial charge in [0.05, 0.1) is 12.5 Å². The van der Waals surface area contributed by atoms with Crippen LogP contribution in [0.5, 0.6) is 0 Å². The molecule has 0 unspecified atom stereocenters. The lowest BCUT2D eigenvalue weighted by Gasteiger charge is -1.97. The van der Waals surface area contributed by atoms with Crippen LogP contribution in [-0.2, 0) is 6.54 Å². The van der Waals surface area contributed by atoms with Crippen LogP contribution >= 0.6 is 0 Å². The largest absolute Gasteiger partial charge is 0.472 e. The number of hydrogen-bond donors (Lipinski definition) is 1. The Morgan fingerprint density at radius 1 is 1.58 bits per heavy atom. The minimum Gasteiger partial charge on any atom is -0.472 e. The second-order valence-corrected chi connectivity index (χ2v) is 2.49. The van der Waals surface area contributed by atoms with Gasteiger partial charge in [0.2, 0.25) is 0 Å². The lowest BCUT2D eigenvalue weighted by Crippen LogP contribution is -2.13. The minimum absolute atomic E-state index is 0.863. The molecule has 0 atom stereocenters. The Labute approximate surface area is 73.0 Å². The molecule has 0 aliphatic carbocycles. The van der Waals surface area contributed by atoms with Gasteiger partial charge in [-0.25, -0.2) is 0 Å². The monoisotopic (exact) mass is 163 g/mol. The Morgan fingerprint density at radius 2 is 2.50 bits per heavy atom. The van der Waals surface area contributed by atoms with Crippen LogP contribution < -0.4 is 5.32 Å². The number of rotatable bonds is 4. The smallest absolute Gasteiger partial charge is 0.0947 e. The third kappa shape index (κ3) is 3.27. The first kappa shape index (κ1) is 8.89. The van der Waals surface area contributed by atoms with Gasteiger partial charge in [-0.1, -0.05) is 0 Å². The molecule has 0 radical (unpaired) electrons. The number of furan rings is 1. The molecule has 1 aromatic heterocycles. The van der Waals surface area contributed by atoms with Crippen molar-refractivity contribution < 1.29 is 4.42 Å². The predicted molar refractivity (Wildman–Crippen MR) is 48.5 cm³/mol. The summed E-state index contributed by atoms with van der Waals surface area (Å²) in [5, 5.41) is 3.26. The topological polar surface area (TPSA) is 25.2 Å². The molecule has 0 aliphatic rings. The maximum atomic E-state index is 4.92. The van der Waals surface area contributed by atoms with E-state index in [4.69, 9.17) is 4.42 Å². The van der Waals surface area contributed by atoms with E-state index in [2.05, 4.69) is 17.2 Å². The van der Waals surface area contributed by atoms with Crippen LogP contribution in [0.15, 0.2) is 23.0 Å². The van der Waals surface area contributed by atoms with Crippen LogP contribution in [0.3, 0.4) is 0 Å². The van der Waals surface area contributed by atoms with Gasteiger partial charge in [-0.05, 0) is 13.0 Å². The van der Waals surface area contributed by atoms with Crippen molar-refractivity contribution in [1.82, 2.24) is 5.32 Å². The fourth-order valence-corrected chi connectivity index (χ4v) is 0.902. The molecule has 1 N–H and O–H groups in total. The third-order valence-electron chi connectivity index (χ3n) is 1.51. The zero-order valence-corrected chi connectivity index (χ0v) is 7.26. The molecule has 1 aromatic rings. The van der Waals surface area contributed by atoms with E-state index in [1.54, 1.807) is 12.5 Å². The van der Waals surface area contributed by atoms with Gasteiger partial charge >= 0.3 is 0 Å². The van der Waals surface area contributed by atoms with Crippen LogP contribution in [0.4, 0.5) is 0 Å². The highest BCUT2D eigenvalue weighted by atomic mass is 16.3. The zero-order chi connectivity index (χ0) is 8.65. The van der Waals surface area contributed by atoms with Crippen molar-refractivity contribution in [2.24, 2.45) is 0 Å². The summed E-state index contributed by atoms with van der Waals surface area (Å²) in [5.41, 5.74) is 1.18. The average Bonchev–Trinajstić information content (AvgIpc) is 2.57. The Morgan fingerprint density at radius 3 is 3.17 bits per heavy atom. The number of nitrogens with one attached hydrogen (secondary N) is 1. The van der Waals surface area contributed by atoms with Crippen LogP contribution in [0, 0.1) is 11.8 Å². The standard InChI is InChI=1S/C10H13NO/c1-2-3-4-6-11-8-10-5-7-12-9-10/h5,7,9,11H,4,6,8H2,1H3. The number of hydrogen-bond acceptors (Lipinski definition) is 2. The first-order valence-electron chi connectivity index (χ1n) is 4.05. The van der Waals surface area contributed by atoms with E-state index in [9.17, 15) is 0 Å². The molecule has 0 bridgehead atoms. The molecule has 0 fully saturated rings. The molecule has 0 saturated carbocycles. The first-order valence-corrected chi connectivity index (χ1v) is 4.05. The van der Waals surface area contributed by atoms with Crippen molar-refractivity contribution in [3.05, 3.63) is 24.2 Å². The Bertz CT molecular complexity index is 253. The van der Waals surface area contributed by atoms with Gasteiger partial charge in [0.15, 0.2) is 0 Å². The molecule has 0 spiro atoms. The van der Waals surface area contributed by atoms with E-state index in [0.29, 0.717) is 0 Å². The fraction of sp³-hybridized carbons (Fsp3) is 0.400. The van der Waals surface area contributed by atoms with E-state index in [-0.39, 0.29) is 0 Å². The van der Waals surface area contributed by atoms with Crippen molar-refractivity contribution in [1.29, 1.82) is 0 Å². The Hall–Kier alpha value is -1.20. The van der Waals surface area contributed by atoms with E-state index >= 15 is 0 Å². The summed E-state index contributed by atoms with van der Waals surface area (Å²) in [7, 11) is 0. The SMILES string of the molecule is CC#CCCNCc1ccoc1. The van der Waals surface area contributed by atoms with Crippen molar-refractivity contribution in [3.63, 3.8) is 0 Å². The molecule has 0 saturated heterocycles. The summed E-state index contributed by atoms with van der Waals surface area (Å²) in [6.07, 6.45) is 4.34. The highest BCUT2D eigenvalue weighted by Gasteiger charge is 1.91. The van der Waals surface area contributed by atoms with E-state index in [1.165, 1.54) is 5.56 Å². The molecular formula is C10H13NO. The average molecular weight is 163 g/mol. The van der Waals surface area contributed by atoms with E-state index < -0.39 is 0 Å². The molecule has 1 heterocycles. The molecular weight excluding hydrogens is 150 g/mol. The summed E-state index contributed by atoms with van der Waals surface area (Å²) in [6, 6.07) is 1.96. The molecule has 0 amide bonds. The Kier molecular flexibility index (Phi) is 4.04. The quantitative estimate of drug-likeness (QED) is 0.540. The maximum absolute atomic E-state index is 4.92. The van der Waals surface area contributed by atoms with Crippen LogP contribution in [0.2, 0.25) is 0 Å². The summed E-state index contributed by atoms with van der Waals surface area (Å²) in [4.78, 5) is 0. The van der Waals surface area contributed by atoms with Gasteiger partial charge in [0.1, 0.15) is 0 Å². The molecule has 0 aliphatic heterocycles. The second kappa shape index (κ2) is 5.45. The molecule has 2 nitrogen and oxygen atoms in total. The molecule has 2 heteroatoms. The normalized spacial score (nSPS) is 9.08. The summed E-state index contributed by atoms with van der Waals surface area (Å²) >= 11 is 0. The maximum Gasteiger partial charge on any atom is 0.0947 e. The predicted octanol–water partition coefficient (Wildman–Crippen LogP) is 1.78. The van der Waals surface area contributed by atoms with Crippen molar-refractivity contribution in [2.45, 2.75) is 19.9 Å². The highest BCUT2D eigenvalue weighted by Crippen LogP contribution is 1.97. The van der Waals surface area contributed by atoms with E-state index in [0.717, 1.165) is 19.5 Å². The van der Waals surface area contributed by atoms with Crippen LogP contribution in [-0.4, -0.2) is 6.54 Å². The molecule has 0 aromatic carbocycles. The summed E-state index contributed by atoms with van der Waals surface area (Å²) in [5.74, 6) is 5.85. The van der Waals surface area contributed by atoms with Crippen molar-refractivity contribution in [2.75, 3.05) is 6.54 Å². The van der Waals surface area contributed by atoms with Crippen molar-refractivity contribution in [3.8, 4) is 11.8 Å².